The smallest absolute Gasteiger partial charge is 0.123 e. The highest BCUT2D eigenvalue weighted by atomic mass is 35.5. The van der Waals surface area contributed by atoms with E-state index in [1.807, 2.05) is 13.0 Å². The number of hydrogen-bond acceptors (Lipinski definition) is 4. The van der Waals surface area contributed by atoms with Crippen LogP contribution in [0.15, 0.2) is 42.5 Å². The van der Waals surface area contributed by atoms with Crippen LogP contribution in [-0.2, 0) is 0 Å². The molecule has 3 rings (SSSR count). The third-order valence-electron chi connectivity index (χ3n) is 6.32. The number of ether oxygens (including phenoxy) is 1. The van der Waals surface area contributed by atoms with Gasteiger partial charge in [-0.25, -0.2) is 4.39 Å². The highest BCUT2D eigenvalue weighted by molar-refractivity contribution is 5.85. The fourth-order valence-electron chi connectivity index (χ4n) is 4.29. The van der Waals surface area contributed by atoms with Gasteiger partial charge in [0.15, 0.2) is 0 Å². The van der Waals surface area contributed by atoms with E-state index in [2.05, 4.69) is 34.9 Å². The van der Waals surface area contributed by atoms with Crippen molar-refractivity contribution in [3.8, 4) is 11.8 Å². The van der Waals surface area contributed by atoms with Crippen molar-refractivity contribution in [2.45, 2.75) is 39.0 Å². The lowest BCUT2D eigenvalue weighted by Crippen LogP contribution is -2.47. The molecule has 1 aliphatic heterocycles. The Labute approximate surface area is 198 Å². The van der Waals surface area contributed by atoms with Gasteiger partial charge in [0.2, 0.25) is 0 Å². The van der Waals surface area contributed by atoms with Crippen molar-refractivity contribution in [3.63, 3.8) is 0 Å². The van der Waals surface area contributed by atoms with Crippen molar-refractivity contribution in [3.05, 3.63) is 65.0 Å². The van der Waals surface area contributed by atoms with Gasteiger partial charge < -0.3 is 9.64 Å². The van der Waals surface area contributed by atoms with Gasteiger partial charge in [-0.15, -0.1) is 12.4 Å². The minimum atomic E-state index is -0.235. The molecular weight excluding hydrogens is 425 g/mol. The van der Waals surface area contributed by atoms with Gasteiger partial charge in [0.05, 0.1) is 11.6 Å². The lowest BCUT2D eigenvalue weighted by molar-refractivity contribution is 0.115. The maximum absolute atomic E-state index is 12.9. The molecule has 0 amide bonds. The standard InChI is InChI=1S/C26H34FN3O.ClH/c1-3-22(23-6-7-24(20-28)21(2)19-23)5-4-12-29-13-15-30(16-14-29)17-18-31-26-10-8-25(27)9-11-26;/h6-11,19,22H,3-5,12-18H2,1-2H3;1H. The van der Waals surface area contributed by atoms with Crippen molar-refractivity contribution in [1.29, 1.82) is 5.26 Å². The van der Waals surface area contributed by atoms with E-state index >= 15 is 0 Å². The second kappa shape index (κ2) is 13.4. The van der Waals surface area contributed by atoms with Gasteiger partial charge >= 0.3 is 0 Å². The minimum absolute atomic E-state index is 0. The summed E-state index contributed by atoms with van der Waals surface area (Å²) < 4.78 is 18.7. The summed E-state index contributed by atoms with van der Waals surface area (Å²) in [6.07, 6.45) is 3.52. The fraction of sp³-hybridized carbons (Fsp3) is 0.500. The summed E-state index contributed by atoms with van der Waals surface area (Å²) in [6.45, 7) is 11.3. The van der Waals surface area contributed by atoms with E-state index in [0.717, 1.165) is 62.6 Å². The normalized spacial score (nSPS) is 15.6. The molecule has 0 aliphatic carbocycles. The Morgan fingerprint density at radius 3 is 2.28 bits per heavy atom. The quantitative estimate of drug-likeness (QED) is 0.477. The van der Waals surface area contributed by atoms with Gasteiger partial charge in [-0.05, 0) is 80.1 Å². The van der Waals surface area contributed by atoms with E-state index in [1.165, 1.54) is 30.5 Å². The van der Waals surface area contributed by atoms with Crippen LogP contribution in [-0.4, -0.2) is 55.7 Å². The molecule has 0 N–H and O–H groups in total. The van der Waals surface area contributed by atoms with Crippen LogP contribution in [0.5, 0.6) is 5.75 Å². The molecular formula is C26H35ClFN3O. The average molecular weight is 460 g/mol. The summed E-state index contributed by atoms with van der Waals surface area (Å²) in [7, 11) is 0. The number of aryl methyl sites for hydroxylation is 1. The molecule has 174 valence electrons. The lowest BCUT2D eigenvalue weighted by atomic mass is 9.90. The van der Waals surface area contributed by atoms with Crippen LogP contribution < -0.4 is 4.74 Å². The topological polar surface area (TPSA) is 39.5 Å². The van der Waals surface area contributed by atoms with Crippen molar-refractivity contribution in [2.24, 2.45) is 0 Å². The van der Waals surface area contributed by atoms with Crippen LogP contribution in [0.3, 0.4) is 0 Å². The second-order valence-corrected chi connectivity index (χ2v) is 8.42. The van der Waals surface area contributed by atoms with Crippen LogP contribution in [0.2, 0.25) is 0 Å². The zero-order valence-corrected chi connectivity index (χ0v) is 20.0. The molecule has 0 bridgehead atoms. The molecule has 0 radical (unpaired) electrons. The number of halogens is 2. The number of rotatable bonds is 10. The van der Waals surface area contributed by atoms with Crippen LogP contribution in [0, 0.1) is 24.1 Å². The highest BCUT2D eigenvalue weighted by Crippen LogP contribution is 2.26. The van der Waals surface area contributed by atoms with Crippen molar-refractivity contribution < 1.29 is 9.13 Å². The number of nitrogens with zero attached hydrogens (tertiary/aromatic N) is 3. The van der Waals surface area contributed by atoms with E-state index in [4.69, 9.17) is 10.00 Å². The molecule has 1 aliphatic rings. The van der Waals surface area contributed by atoms with Crippen LogP contribution in [0.25, 0.3) is 0 Å². The van der Waals surface area contributed by atoms with Crippen LogP contribution in [0.4, 0.5) is 4.39 Å². The molecule has 32 heavy (non-hydrogen) atoms. The molecule has 1 heterocycles. The number of nitriles is 1. The third-order valence-corrected chi connectivity index (χ3v) is 6.32. The van der Waals surface area contributed by atoms with Crippen molar-refractivity contribution >= 4 is 12.4 Å². The maximum Gasteiger partial charge on any atom is 0.123 e. The third kappa shape index (κ3) is 7.78. The predicted octanol–water partition coefficient (Wildman–Crippen LogP) is 5.40. The first-order chi connectivity index (χ1) is 15.1. The van der Waals surface area contributed by atoms with Gasteiger partial charge in [-0.3, -0.25) is 4.90 Å². The van der Waals surface area contributed by atoms with Gasteiger partial charge in [-0.1, -0.05) is 19.1 Å². The van der Waals surface area contributed by atoms with Gasteiger partial charge in [0.1, 0.15) is 18.2 Å². The first-order valence-corrected chi connectivity index (χ1v) is 11.4. The molecule has 6 heteroatoms. The summed E-state index contributed by atoms with van der Waals surface area (Å²) in [5.41, 5.74) is 3.22. The summed E-state index contributed by atoms with van der Waals surface area (Å²) in [5, 5.41) is 9.14. The molecule has 0 spiro atoms. The van der Waals surface area contributed by atoms with Gasteiger partial charge in [-0.2, -0.15) is 5.26 Å². The maximum atomic E-state index is 12.9. The number of benzene rings is 2. The first kappa shape index (κ1) is 26.1. The Balaban J connectivity index is 0.00000363. The molecule has 2 aromatic rings. The summed E-state index contributed by atoms with van der Waals surface area (Å²) in [4.78, 5) is 5.00. The van der Waals surface area contributed by atoms with Crippen molar-refractivity contribution in [2.75, 3.05) is 45.9 Å². The minimum Gasteiger partial charge on any atom is -0.492 e. The molecule has 0 saturated carbocycles. The molecule has 1 saturated heterocycles. The zero-order chi connectivity index (χ0) is 22.1. The van der Waals surface area contributed by atoms with Crippen LogP contribution >= 0.6 is 12.4 Å². The Kier molecular flexibility index (Phi) is 11.0. The monoisotopic (exact) mass is 459 g/mol. The average Bonchev–Trinajstić information content (AvgIpc) is 2.79. The summed E-state index contributed by atoms with van der Waals surface area (Å²) in [6, 6.07) is 14.8. The Morgan fingerprint density at radius 1 is 1.03 bits per heavy atom. The molecule has 2 aromatic carbocycles. The number of piperazine rings is 1. The highest BCUT2D eigenvalue weighted by Gasteiger charge is 2.17. The van der Waals surface area contributed by atoms with Crippen LogP contribution in [0.1, 0.15) is 48.8 Å². The first-order valence-electron chi connectivity index (χ1n) is 11.4. The van der Waals surface area contributed by atoms with E-state index in [1.54, 1.807) is 12.1 Å². The Morgan fingerprint density at radius 2 is 1.69 bits per heavy atom. The van der Waals surface area contributed by atoms with E-state index in [0.29, 0.717) is 12.5 Å². The summed E-state index contributed by atoms with van der Waals surface area (Å²) >= 11 is 0. The SMILES string of the molecule is CCC(CCCN1CCN(CCOc2ccc(F)cc2)CC1)c1ccc(C#N)c(C)c1.Cl. The lowest BCUT2D eigenvalue weighted by Gasteiger charge is -2.34. The summed E-state index contributed by atoms with van der Waals surface area (Å²) in [5.74, 6) is 1.06. The largest absolute Gasteiger partial charge is 0.492 e. The molecule has 1 fully saturated rings. The van der Waals surface area contributed by atoms with Gasteiger partial charge in [0, 0.05) is 32.7 Å². The molecule has 0 aromatic heterocycles. The molecule has 4 nitrogen and oxygen atoms in total. The fourth-order valence-corrected chi connectivity index (χ4v) is 4.29. The molecule has 1 unspecified atom stereocenters. The zero-order valence-electron chi connectivity index (χ0n) is 19.2. The second-order valence-electron chi connectivity index (χ2n) is 8.42. The number of hydrogen-bond donors (Lipinski definition) is 0. The van der Waals surface area contributed by atoms with E-state index < -0.39 is 0 Å². The molecule has 1 atom stereocenters. The van der Waals surface area contributed by atoms with Crippen molar-refractivity contribution in [1.82, 2.24) is 9.80 Å². The Bertz CT molecular complexity index is 860. The Hall–Kier alpha value is -2.13. The van der Waals surface area contributed by atoms with E-state index in [-0.39, 0.29) is 18.2 Å². The van der Waals surface area contributed by atoms with E-state index in [9.17, 15) is 4.39 Å². The van der Waals surface area contributed by atoms with Gasteiger partial charge in [0.25, 0.3) is 0 Å². The predicted molar refractivity (Wildman–Crippen MR) is 130 cm³/mol.